The van der Waals surface area contributed by atoms with Gasteiger partial charge in [0.05, 0.1) is 17.1 Å². The molecule has 3 amide bonds. The predicted octanol–water partition coefficient (Wildman–Crippen LogP) is 13.6. The van der Waals surface area contributed by atoms with Crippen LogP contribution in [0.2, 0.25) is 0 Å². The molecule has 0 saturated heterocycles. The first-order chi connectivity index (χ1) is 35.6. The second-order valence-electron chi connectivity index (χ2n) is 23.6. The van der Waals surface area contributed by atoms with Gasteiger partial charge in [0.25, 0.3) is 21.3 Å². The number of hydrogen-bond acceptors (Lipinski definition) is 11. The van der Waals surface area contributed by atoms with Crippen LogP contribution in [0.15, 0.2) is 57.1 Å². The lowest BCUT2D eigenvalue weighted by Gasteiger charge is -2.18. The molecule has 6 rings (SSSR count). The molecule has 0 radical (unpaired) electrons. The Morgan fingerprint density at radius 2 is 0.923 bits per heavy atom. The van der Waals surface area contributed by atoms with Gasteiger partial charge in [0.15, 0.2) is 0 Å². The fourth-order valence-electron chi connectivity index (χ4n) is 9.45. The van der Waals surface area contributed by atoms with Gasteiger partial charge in [-0.15, -0.1) is 5.11 Å². The number of carbonyl (C=O) groups is 3. The number of aromatic amines is 1. The summed E-state index contributed by atoms with van der Waals surface area (Å²) in [6, 6.07) is -0.345. The quantitative estimate of drug-likeness (QED) is 0.183. The molecule has 0 atom stereocenters. The fraction of sp³-hybridized carbons (Fsp3) is 0.690. The number of hydrogen-bond donors (Lipinski definition) is 1. The standard InChI is InChI=1S/C10H18N2O.C10H17NO3S.2C10H17NOS.2C9H14N2O/c1-6(2)8-9(7(3)4)12(5)11-10(8)13;1-6(2)8-9(7(3)4)11(5)15(13,14)10(8)12;1-6(2)8-9(7(3)4)13-10(12)11(8)5;1-6(2)8-9(7(3)4)11(5)13-10(8)12;1-5(2)7-8(6(3)4)11-9(12)10-7;1-5(2)7-8(6(3)4)10-11-9(7)12/h6-7H,1-5H3,(H,11,13);6-7H,1-5H3;2*6-7H,1-5H3;2*5-6H,1-4H3. The first kappa shape index (κ1) is 71.1. The smallest absolute Gasteiger partial charge is 0.306 e. The minimum atomic E-state index is -3.77. The van der Waals surface area contributed by atoms with Gasteiger partial charge in [-0.1, -0.05) is 178 Å². The number of thiazole rings is 1. The van der Waals surface area contributed by atoms with E-state index in [2.05, 4.69) is 108 Å². The van der Waals surface area contributed by atoms with Gasteiger partial charge in [-0.05, 0) is 82.5 Å². The van der Waals surface area contributed by atoms with Crippen molar-refractivity contribution in [3.05, 3.63) is 85.2 Å². The Morgan fingerprint density at radius 3 is 1.22 bits per heavy atom. The maximum Gasteiger partial charge on any atom is 0.367 e. The third kappa shape index (κ3) is 17.8. The zero-order valence-electron chi connectivity index (χ0n) is 52.5. The molecule has 17 nitrogen and oxygen atoms in total. The van der Waals surface area contributed by atoms with E-state index >= 15 is 0 Å². The average Bonchev–Trinajstić information content (AvgIpc) is 4.13. The van der Waals surface area contributed by atoms with Crippen molar-refractivity contribution < 1.29 is 22.8 Å². The Kier molecular flexibility index (Phi) is 27.4. The van der Waals surface area contributed by atoms with E-state index in [0.717, 1.165) is 43.8 Å². The van der Waals surface area contributed by atoms with E-state index in [1.165, 1.54) is 46.2 Å². The maximum atomic E-state index is 11.7. The molecule has 0 aliphatic carbocycles. The van der Waals surface area contributed by atoms with Gasteiger partial charge in [0.2, 0.25) is 0 Å². The number of aryl methyl sites for hydroxylation is 2. The van der Waals surface area contributed by atoms with E-state index in [1.54, 1.807) is 4.57 Å². The highest BCUT2D eigenvalue weighted by Gasteiger charge is 2.43. The van der Waals surface area contributed by atoms with Crippen molar-refractivity contribution in [2.24, 2.45) is 76.9 Å². The van der Waals surface area contributed by atoms with Crippen LogP contribution >= 0.6 is 22.9 Å². The van der Waals surface area contributed by atoms with Crippen LogP contribution in [0.4, 0.5) is 4.79 Å². The molecule has 20 heteroatoms. The molecule has 440 valence electrons. The maximum absolute atomic E-state index is 11.7. The number of allylic oxidation sites excluding steroid dienone is 2. The molecule has 3 aromatic heterocycles. The summed E-state index contributed by atoms with van der Waals surface area (Å²) < 4.78 is 30.3. The third-order valence-electron chi connectivity index (χ3n) is 12.8. The molecule has 3 aromatic rings. The molecule has 0 fully saturated rings. The van der Waals surface area contributed by atoms with Crippen LogP contribution in [0.25, 0.3) is 0 Å². The van der Waals surface area contributed by atoms with Crippen molar-refractivity contribution in [3.63, 3.8) is 0 Å². The average molecular weight is 1140 g/mol. The molecule has 0 saturated carbocycles. The lowest BCUT2D eigenvalue weighted by Crippen LogP contribution is -2.26. The van der Waals surface area contributed by atoms with Crippen LogP contribution in [0.3, 0.4) is 0 Å². The summed E-state index contributed by atoms with van der Waals surface area (Å²) in [5.41, 5.74) is 9.93. The second-order valence-corrected chi connectivity index (χ2v) is 27.6. The topological polar surface area (TPSA) is 220 Å². The third-order valence-corrected chi connectivity index (χ3v) is 16.6. The van der Waals surface area contributed by atoms with Gasteiger partial charge in [-0.3, -0.25) is 38.1 Å². The first-order valence-corrected chi connectivity index (χ1v) is 30.5. The summed E-state index contributed by atoms with van der Waals surface area (Å²) in [5.74, 6) is 3.25. The van der Waals surface area contributed by atoms with Crippen molar-refractivity contribution in [1.29, 1.82) is 0 Å². The summed E-state index contributed by atoms with van der Waals surface area (Å²) >= 11 is 2.70. The lowest BCUT2D eigenvalue weighted by atomic mass is 9.96. The summed E-state index contributed by atoms with van der Waals surface area (Å²) in [7, 11) is 3.39. The second kappa shape index (κ2) is 30.0. The molecule has 78 heavy (non-hydrogen) atoms. The van der Waals surface area contributed by atoms with E-state index in [9.17, 15) is 37.2 Å². The SMILES string of the molecule is CC(C)C1=C(C(C)C)C(=O)N=N1.CC(C)C1=C(C(C)C)N(C)S(=O)(=O)C1=O.CC(C)C1=NC(=O)N=C1C(C)C.CC(C)c1c(C(C)C)n(C)[nH]c1=O.CC(C)c1c(C(C)C)n(C)sc1=O.CC(C)c1sc(=O)n(C)c1C(C)C. The van der Waals surface area contributed by atoms with E-state index in [1.807, 2.05) is 113 Å². The largest absolute Gasteiger partial charge is 0.367 e. The first-order valence-electron chi connectivity index (χ1n) is 27.5. The van der Waals surface area contributed by atoms with Crippen LogP contribution < -0.4 is 15.2 Å². The minimum Gasteiger partial charge on any atom is -0.306 e. The van der Waals surface area contributed by atoms with Gasteiger partial charge in [0, 0.05) is 78.1 Å². The van der Waals surface area contributed by atoms with Gasteiger partial charge in [-0.2, -0.15) is 23.5 Å². The number of amides is 3. The van der Waals surface area contributed by atoms with Gasteiger partial charge >= 0.3 is 20.9 Å². The molecule has 1 N–H and O–H groups in total. The Morgan fingerprint density at radius 1 is 0.474 bits per heavy atom. The molecular formula is C58H97N9O8S3. The van der Waals surface area contributed by atoms with Crippen LogP contribution in [-0.4, -0.2) is 66.6 Å². The van der Waals surface area contributed by atoms with Crippen LogP contribution in [0.1, 0.15) is 235 Å². The van der Waals surface area contributed by atoms with Crippen LogP contribution in [-0.2, 0) is 40.8 Å². The predicted molar refractivity (Wildman–Crippen MR) is 325 cm³/mol. The zero-order valence-corrected chi connectivity index (χ0v) is 54.9. The van der Waals surface area contributed by atoms with E-state index in [4.69, 9.17) is 0 Å². The molecular weight excluding hydrogens is 1050 g/mol. The van der Waals surface area contributed by atoms with Gasteiger partial charge < -0.3 is 8.52 Å². The number of aliphatic imine (C=N–C) groups is 2. The van der Waals surface area contributed by atoms with Gasteiger partial charge in [0.1, 0.15) is 0 Å². The van der Waals surface area contributed by atoms with Crippen molar-refractivity contribution in [2.45, 2.75) is 202 Å². The zero-order chi connectivity index (χ0) is 61.1. The number of azo groups is 1. The van der Waals surface area contributed by atoms with Crippen molar-refractivity contribution in [2.75, 3.05) is 7.05 Å². The molecule has 6 heterocycles. The van der Waals surface area contributed by atoms with Crippen molar-refractivity contribution in [3.8, 4) is 0 Å². The van der Waals surface area contributed by atoms with E-state index in [0.29, 0.717) is 46.8 Å². The number of aromatic nitrogens is 4. The summed E-state index contributed by atoms with van der Waals surface area (Å²) in [4.78, 5) is 77.5. The molecule has 0 aromatic carbocycles. The monoisotopic (exact) mass is 1140 g/mol. The highest BCUT2D eigenvalue weighted by atomic mass is 32.2. The summed E-state index contributed by atoms with van der Waals surface area (Å²) in [6.45, 7) is 48.9. The summed E-state index contributed by atoms with van der Waals surface area (Å²) in [5, 5.41) is 9.49. The molecule has 3 aliphatic heterocycles. The highest BCUT2D eigenvalue weighted by Crippen LogP contribution is 2.35. The number of carbonyl (C=O) groups excluding carboxylic acids is 3. The molecule has 0 unspecified atom stereocenters. The number of nitrogens with one attached hydrogen (secondary N) is 1. The number of nitrogens with zero attached hydrogens (tertiary/aromatic N) is 8. The Labute approximate surface area is 475 Å². The number of sulfonamides is 1. The van der Waals surface area contributed by atoms with Crippen LogP contribution in [0, 0.1) is 35.5 Å². The Bertz CT molecular complexity index is 2910. The highest BCUT2D eigenvalue weighted by molar-refractivity contribution is 8.05. The van der Waals surface area contributed by atoms with E-state index in [-0.39, 0.29) is 62.6 Å². The van der Waals surface area contributed by atoms with Crippen LogP contribution in [0.5, 0.6) is 0 Å². The Hall–Kier alpha value is -4.95. The number of urea groups is 1. The normalized spacial score (nSPS) is 15.2. The molecule has 0 spiro atoms. The minimum absolute atomic E-state index is 0.0358. The van der Waals surface area contributed by atoms with E-state index < -0.39 is 15.1 Å². The van der Waals surface area contributed by atoms with Crippen molar-refractivity contribution >= 4 is 61.4 Å². The summed E-state index contributed by atoms with van der Waals surface area (Å²) in [6.07, 6.45) is 0. The number of rotatable bonds is 12. The number of H-pyrrole nitrogens is 1. The van der Waals surface area contributed by atoms with Crippen molar-refractivity contribution in [1.82, 2.24) is 22.6 Å². The van der Waals surface area contributed by atoms with Gasteiger partial charge in [-0.25, -0.2) is 4.79 Å². The lowest BCUT2D eigenvalue weighted by molar-refractivity contribution is -0.114. The molecule has 0 bridgehead atoms. The fourth-order valence-corrected chi connectivity index (χ4v) is 13.1. The Balaban J connectivity index is 0.000000469. The molecule has 3 aliphatic rings.